The number of hydrogen-bond acceptors (Lipinski definition) is 1. The lowest BCUT2D eigenvalue weighted by molar-refractivity contribution is 0.290. The maximum absolute atomic E-state index is 8.64. The van der Waals surface area contributed by atoms with Crippen molar-refractivity contribution < 1.29 is 5.11 Å². The van der Waals surface area contributed by atoms with Crippen molar-refractivity contribution in [2.24, 2.45) is 0 Å². The predicted octanol–water partition coefficient (Wildman–Crippen LogP) is 2.96. The number of benzene rings is 2. The molecule has 1 nitrogen and oxygen atoms in total. The van der Waals surface area contributed by atoms with Crippen LogP contribution in [0.1, 0.15) is 18.4 Å². The molecule has 0 aliphatic rings. The number of aliphatic hydroxyl groups is 1. The molecule has 0 amide bonds. The third-order valence-corrected chi connectivity index (χ3v) is 2.44. The largest absolute Gasteiger partial charge is 0.396 e. The van der Waals surface area contributed by atoms with Gasteiger partial charge in [0.25, 0.3) is 0 Å². The van der Waals surface area contributed by atoms with Gasteiger partial charge < -0.3 is 5.11 Å². The summed E-state index contributed by atoms with van der Waals surface area (Å²) in [4.78, 5) is 0. The van der Waals surface area contributed by atoms with Crippen LogP contribution in [-0.4, -0.2) is 11.7 Å². The lowest BCUT2D eigenvalue weighted by atomic mass is 10.1. The summed E-state index contributed by atoms with van der Waals surface area (Å²) in [6.07, 6.45) is 1.50. The van der Waals surface area contributed by atoms with Gasteiger partial charge in [0.05, 0.1) is 0 Å². The van der Waals surface area contributed by atoms with Gasteiger partial charge in [-0.3, -0.25) is 0 Å². The van der Waals surface area contributed by atoms with Crippen molar-refractivity contribution in [1.29, 1.82) is 0 Å². The second-order valence-corrected chi connectivity index (χ2v) is 3.69. The normalized spacial score (nSPS) is 9.81. The molecule has 0 saturated carbocycles. The van der Waals surface area contributed by atoms with Gasteiger partial charge in [0.15, 0.2) is 0 Å². The summed E-state index contributed by atoms with van der Waals surface area (Å²) < 4.78 is 0. The molecule has 1 N–H and O–H groups in total. The van der Waals surface area contributed by atoms with Crippen molar-refractivity contribution in [2.75, 3.05) is 6.61 Å². The van der Waals surface area contributed by atoms with Gasteiger partial charge >= 0.3 is 0 Å². The Morgan fingerprint density at radius 1 is 1.00 bits per heavy atom. The summed E-state index contributed by atoms with van der Waals surface area (Å²) in [6.45, 7) is 0.215. The number of unbranched alkanes of at least 4 members (excludes halogenated alkanes) is 1. The van der Waals surface area contributed by atoms with E-state index < -0.39 is 0 Å². The molecule has 0 heterocycles. The molecule has 80 valence electrons. The van der Waals surface area contributed by atoms with Gasteiger partial charge in [0.1, 0.15) is 0 Å². The van der Waals surface area contributed by atoms with Gasteiger partial charge in [-0.05, 0) is 29.3 Å². The molecule has 1 heteroatoms. The zero-order valence-corrected chi connectivity index (χ0v) is 9.11. The van der Waals surface area contributed by atoms with E-state index in [9.17, 15) is 0 Å². The maximum atomic E-state index is 8.64. The van der Waals surface area contributed by atoms with E-state index >= 15 is 0 Å². The quantitative estimate of drug-likeness (QED) is 0.597. The van der Waals surface area contributed by atoms with Gasteiger partial charge in [-0.2, -0.15) is 0 Å². The molecular weight excluding hydrogens is 196 g/mol. The van der Waals surface area contributed by atoms with E-state index in [1.165, 1.54) is 10.8 Å². The van der Waals surface area contributed by atoms with Crippen LogP contribution >= 0.6 is 0 Å². The monoisotopic (exact) mass is 210 g/mol. The number of fused-ring (bicyclic) bond motifs is 1. The maximum Gasteiger partial charge on any atom is 0.0440 e. The van der Waals surface area contributed by atoms with E-state index in [0.29, 0.717) is 0 Å². The average Bonchev–Trinajstić information content (AvgIpc) is 2.34. The van der Waals surface area contributed by atoms with Crippen LogP contribution in [0.2, 0.25) is 0 Å². The fraction of sp³-hybridized carbons (Fsp3) is 0.200. The van der Waals surface area contributed by atoms with E-state index in [0.717, 1.165) is 18.4 Å². The summed E-state index contributed by atoms with van der Waals surface area (Å²) in [7, 11) is 0. The lowest BCUT2D eigenvalue weighted by Crippen LogP contribution is -1.80. The first kappa shape index (κ1) is 10.7. The Morgan fingerprint density at radius 2 is 1.81 bits per heavy atom. The second-order valence-electron chi connectivity index (χ2n) is 3.69. The Hall–Kier alpha value is -1.78. The van der Waals surface area contributed by atoms with Crippen LogP contribution in [0.3, 0.4) is 0 Å². The van der Waals surface area contributed by atoms with E-state index in [1.807, 2.05) is 18.2 Å². The van der Waals surface area contributed by atoms with Gasteiger partial charge in [0, 0.05) is 18.6 Å². The predicted molar refractivity (Wildman–Crippen MR) is 67.1 cm³/mol. The number of hydrogen-bond donors (Lipinski definition) is 1. The molecule has 0 bridgehead atoms. The Morgan fingerprint density at radius 3 is 2.62 bits per heavy atom. The van der Waals surface area contributed by atoms with Gasteiger partial charge in [0.2, 0.25) is 0 Å². The molecule has 0 aromatic heterocycles. The van der Waals surface area contributed by atoms with E-state index in [-0.39, 0.29) is 6.61 Å². The van der Waals surface area contributed by atoms with Crippen LogP contribution in [-0.2, 0) is 0 Å². The van der Waals surface area contributed by atoms with E-state index in [1.54, 1.807) is 0 Å². The average molecular weight is 210 g/mol. The SMILES string of the molecule is OCCCC#Cc1ccc2ccccc2c1. The Kier molecular flexibility index (Phi) is 3.58. The van der Waals surface area contributed by atoms with Crippen molar-refractivity contribution in [3.8, 4) is 11.8 Å². The van der Waals surface area contributed by atoms with Gasteiger partial charge in [-0.1, -0.05) is 42.2 Å². The highest BCUT2D eigenvalue weighted by Crippen LogP contribution is 2.14. The minimum absolute atomic E-state index is 0.215. The first-order valence-electron chi connectivity index (χ1n) is 5.49. The topological polar surface area (TPSA) is 20.2 Å². The minimum atomic E-state index is 0.215. The highest BCUT2D eigenvalue weighted by molar-refractivity contribution is 5.83. The van der Waals surface area contributed by atoms with Crippen molar-refractivity contribution in [3.63, 3.8) is 0 Å². The summed E-state index contributed by atoms with van der Waals surface area (Å²) in [6, 6.07) is 14.5. The molecule has 0 radical (unpaired) electrons. The zero-order valence-electron chi connectivity index (χ0n) is 9.11. The van der Waals surface area contributed by atoms with Crippen LogP contribution < -0.4 is 0 Å². The first-order chi connectivity index (χ1) is 7.90. The zero-order chi connectivity index (χ0) is 11.2. The smallest absolute Gasteiger partial charge is 0.0440 e. The van der Waals surface area contributed by atoms with Crippen LogP contribution in [0.5, 0.6) is 0 Å². The fourth-order valence-electron chi connectivity index (χ4n) is 1.60. The van der Waals surface area contributed by atoms with E-state index in [4.69, 9.17) is 5.11 Å². The summed E-state index contributed by atoms with van der Waals surface area (Å²) >= 11 is 0. The molecular formula is C15H14O. The summed E-state index contributed by atoms with van der Waals surface area (Å²) in [5, 5.41) is 11.1. The number of rotatable bonds is 2. The molecule has 2 aromatic rings. The van der Waals surface area contributed by atoms with Crippen molar-refractivity contribution >= 4 is 10.8 Å². The van der Waals surface area contributed by atoms with Crippen LogP contribution in [0, 0.1) is 11.8 Å². The third-order valence-electron chi connectivity index (χ3n) is 2.44. The fourth-order valence-corrected chi connectivity index (χ4v) is 1.60. The van der Waals surface area contributed by atoms with Crippen LogP contribution in [0.4, 0.5) is 0 Å². The number of aliphatic hydroxyl groups excluding tert-OH is 1. The molecule has 16 heavy (non-hydrogen) atoms. The Bertz CT molecular complexity index is 532. The van der Waals surface area contributed by atoms with Crippen molar-refractivity contribution in [3.05, 3.63) is 48.0 Å². The highest BCUT2D eigenvalue weighted by atomic mass is 16.2. The summed E-state index contributed by atoms with van der Waals surface area (Å²) in [5.41, 5.74) is 1.04. The lowest BCUT2D eigenvalue weighted by Gasteiger charge is -1.97. The highest BCUT2D eigenvalue weighted by Gasteiger charge is 1.92. The molecule has 0 unspecified atom stereocenters. The molecule has 0 atom stereocenters. The Balaban J connectivity index is 2.21. The minimum Gasteiger partial charge on any atom is -0.396 e. The first-order valence-corrected chi connectivity index (χ1v) is 5.49. The molecule has 0 fully saturated rings. The third kappa shape index (κ3) is 2.62. The second kappa shape index (κ2) is 5.34. The standard InChI is InChI=1S/C15H14O/c16-11-5-1-2-6-13-9-10-14-7-3-4-8-15(14)12-13/h3-4,7-10,12,16H,1,5,11H2. The molecule has 0 aliphatic carbocycles. The summed E-state index contributed by atoms with van der Waals surface area (Å²) in [5.74, 6) is 6.17. The van der Waals surface area contributed by atoms with E-state index in [2.05, 4.69) is 36.1 Å². The van der Waals surface area contributed by atoms with Crippen LogP contribution in [0.25, 0.3) is 10.8 Å². The molecule has 2 rings (SSSR count). The van der Waals surface area contributed by atoms with Crippen molar-refractivity contribution in [1.82, 2.24) is 0 Å². The van der Waals surface area contributed by atoms with Gasteiger partial charge in [-0.25, -0.2) is 0 Å². The molecule has 0 saturated heterocycles. The molecule has 2 aromatic carbocycles. The van der Waals surface area contributed by atoms with Crippen molar-refractivity contribution in [2.45, 2.75) is 12.8 Å². The Labute approximate surface area is 95.7 Å². The van der Waals surface area contributed by atoms with Gasteiger partial charge in [-0.15, -0.1) is 0 Å². The molecule has 0 spiro atoms. The molecule has 0 aliphatic heterocycles. The van der Waals surface area contributed by atoms with Crippen LogP contribution in [0.15, 0.2) is 42.5 Å².